The highest BCUT2D eigenvalue weighted by Gasteiger charge is 2.18. The lowest BCUT2D eigenvalue weighted by molar-refractivity contribution is -0.111. The number of rotatable bonds is 5. The van der Waals surface area contributed by atoms with Gasteiger partial charge in [0, 0.05) is 6.42 Å². The molecule has 0 aliphatic heterocycles. The van der Waals surface area contributed by atoms with E-state index in [-0.39, 0.29) is 17.1 Å². The van der Waals surface area contributed by atoms with Crippen LogP contribution >= 0.6 is 11.6 Å². The molecule has 0 saturated heterocycles. The Morgan fingerprint density at radius 1 is 1.41 bits per heavy atom. The summed E-state index contributed by atoms with van der Waals surface area (Å²) in [6.07, 6.45) is -0.185. The number of halogens is 1. The smallest absolute Gasteiger partial charge is 0.222 e. The summed E-state index contributed by atoms with van der Waals surface area (Å²) in [6, 6.07) is 4.68. The lowest BCUT2D eigenvalue weighted by atomic mass is 10.2. The molecule has 0 amide bonds. The number of benzene rings is 1. The molecule has 1 aromatic carbocycles. The van der Waals surface area contributed by atoms with E-state index >= 15 is 0 Å². The van der Waals surface area contributed by atoms with Gasteiger partial charge in [0.2, 0.25) is 5.24 Å². The van der Waals surface area contributed by atoms with Gasteiger partial charge in [0.1, 0.15) is 5.75 Å². The predicted molar refractivity (Wildman–Crippen MR) is 65.3 cm³/mol. The third-order valence-corrected chi connectivity index (χ3v) is 4.34. The van der Waals surface area contributed by atoms with E-state index in [4.69, 9.17) is 16.3 Å². The van der Waals surface area contributed by atoms with Crippen LogP contribution in [0, 0.1) is 6.92 Å². The molecule has 0 radical (unpaired) electrons. The van der Waals surface area contributed by atoms with Crippen LogP contribution in [0.25, 0.3) is 0 Å². The van der Waals surface area contributed by atoms with Crippen LogP contribution in [0.2, 0.25) is 0 Å². The monoisotopic (exact) mass is 276 g/mol. The quantitative estimate of drug-likeness (QED) is 0.771. The summed E-state index contributed by atoms with van der Waals surface area (Å²) >= 11 is 5.14. The molecule has 0 bridgehead atoms. The van der Waals surface area contributed by atoms with Gasteiger partial charge in [0.15, 0.2) is 9.84 Å². The molecule has 17 heavy (non-hydrogen) atoms. The van der Waals surface area contributed by atoms with Crippen LogP contribution in [-0.4, -0.2) is 26.5 Å². The second-order valence-corrected chi connectivity index (χ2v) is 6.05. The minimum absolute atomic E-state index is 0.185. The number of hydrogen-bond donors (Lipinski definition) is 0. The second kappa shape index (κ2) is 5.51. The fraction of sp³-hybridized carbons (Fsp3) is 0.364. The summed E-state index contributed by atoms with van der Waals surface area (Å²) in [5.41, 5.74) is 0.589. The Balaban J connectivity index is 3.03. The van der Waals surface area contributed by atoms with E-state index in [1.54, 1.807) is 19.1 Å². The number of aryl methyl sites for hydroxylation is 1. The third-order valence-electron chi connectivity index (χ3n) is 2.28. The Morgan fingerprint density at radius 3 is 2.53 bits per heavy atom. The highest BCUT2D eigenvalue weighted by molar-refractivity contribution is 7.91. The van der Waals surface area contributed by atoms with Gasteiger partial charge in [0.25, 0.3) is 0 Å². The molecule has 0 heterocycles. The number of sulfone groups is 1. The average molecular weight is 277 g/mol. The van der Waals surface area contributed by atoms with Crippen molar-refractivity contribution in [2.24, 2.45) is 0 Å². The van der Waals surface area contributed by atoms with E-state index in [0.29, 0.717) is 11.3 Å². The van der Waals surface area contributed by atoms with Gasteiger partial charge in [0.05, 0.1) is 17.8 Å². The van der Waals surface area contributed by atoms with Crippen LogP contribution in [0.15, 0.2) is 23.1 Å². The molecule has 0 fully saturated rings. The van der Waals surface area contributed by atoms with Crippen LogP contribution in [0.1, 0.15) is 12.0 Å². The predicted octanol–water partition coefficient (Wildman–Crippen LogP) is 1.93. The van der Waals surface area contributed by atoms with E-state index in [1.165, 1.54) is 13.2 Å². The summed E-state index contributed by atoms with van der Waals surface area (Å²) in [7, 11) is -1.96. The van der Waals surface area contributed by atoms with Gasteiger partial charge in [-0.1, -0.05) is 0 Å². The molecule has 0 spiro atoms. The van der Waals surface area contributed by atoms with E-state index in [2.05, 4.69) is 0 Å². The van der Waals surface area contributed by atoms with Gasteiger partial charge in [-0.05, 0) is 42.3 Å². The first-order chi connectivity index (χ1) is 7.86. The third kappa shape index (κ3) is 3.71. The molecule has 1 rings (SSSR count). The van der Waals surface area contributed by atoms with Crippen molar-refractivity contribution in [3.63, 3.8) is 0 Å². The van der Waals surface area contributed by atoms with Crippen molar-refractivity contribution in [2.75, 3.05) is 12.9 Å². The standard InChI is InChI=1S/C11H13ClO4S/c1-8-7-9(16-2)3-4-10(8)17(14,15)6-5-11(12)13/h3-4,7H,5-6H2,1-2H3. The van der Waals surface area contributed by atoms with E-state index in [1.807, 2.05) is 0 Å². The molecule has 0 unspecified atom stereocenters. The fourth-order valence-corrected chi connectivity index (χ4v) is 3.13. The van der Waals surface area contributed by atoms with Crippen molar-refractivity contribution in [2.45, 2.75) is 18.2 Å². The molecule has 0 atom stereocenters. The summed E-state index contributed by atoms with van der Waals surface area (Å²) in [4.78, 5) is 10.8. The molecule has 0 aliphatic carbocycles. The molecule has 0 aliphatic rings. The Kier molecular flexibility index (Phi) is 4.54. The zero-order chi connectivity index (χ0) is 13.1. The maximum absolute atomic E-state index is 11.9. The minimum atomic E-state index is -3.47. The molecular formula is C11H13ClO4S. The summed E-state index contributed by atoms with van der Waals surface area (Å²) < 4.78 is 28.8. The topological polar surface area (TPSA) is 60.4 Å². The molecule has 4 nitrogen and oxygen atoms in total. The zero-order valence-corrected chi connectivity index (χ0v) is 11.1. The Labute approximate surface area is 105 Å². The van der Waals surface area contributed by atoms with Gasteiger partial charge >= 0.3 is 0 Å². The van der Waals surface area contributed by atoms with Crippen molar-refractivity contribution in [3.8, 4) is 5.75 Å². The van der Waals surface area contributed by atoms with Crippen molar-refractivity contribution in [1.82, 2.24) is 0 Å². The summed E-state index contributed by atoms with van der Waals surface area (Å²) in [6.45, 7) is 1.68. The van der Waals surface area contributed by atoms with Gasteiger partial charge in [-0.15, -0.1) is 0 Å². The lowest BCUT2D eigenvalue weighted by Crippen LogP contribution is -2.10. The SMILES string of the molecule is COc1ccc(S(=O)(=O)CCC(=O)Cl)c(C)c1. The first-order valence-corrected chi connectivity index (χ1v) is 6.95. The number of methoxy groups -OCH3 is 1. The average Bonchev–Trinajstić information content (AvgIpc) is 2.26. The molecule has 0 aromatic heterocycles. The highest BCUT2D eigenvalue weighted by Crippen LogP contribution is 2.22. The fourth-order valence-electron chi connectivity index (χ4n) is 1.42. The number of hydrogen-bond acceptors (Lipinski definition) is 4. The largest absolute Gasteiger partial charge is 0.497 e. The van der Waals surface area contributed by atoms with Crippen molar-refractivity contribution < 1.29 is 17.9 Å². The number of carbonyl (C=O) groups excluding carboxylic acids is 1. The van der Waals surface area contributed by atoms with Crippen molar-refractivity contribution in [3.05, 3.63) is 23.8 Å². The first-order valence-electron chi connectivity index (χ1n) is 4.92. The maximum Gasteiger partial charge on any atom is 0.222 e. The van der Waals surface area contributed by atoms with E-state index < -0.39 is 15.1 Å². The summed E-state index contributed by atoms with van der Waals surface area (Å²) in [5.74, 6) is 0.317. The normalized spacial score (nSPS) is 11.2. The Morgan fingerprint density at radius 2 is 2.06 bits per heavy atom. The second-order valence-electron chi connectivity index (χ2n) is 3.56. The van der Waals surface area contributed by atoms with Crippen LogP contribution in [-0.2, 0) is 14.6 Å². The van der Waals surface area contributed by atoms with E-state index in [0.717, 1.165) is 0 Å². The number of ether oxygens (including phenoxy) is 1. The number of carbonyl (C=O) groups is 1. The van der Waals surface area contributed by atoms with Gasteiger partial charge in [-0.3, -0.25) is 4.79 Å². The first kappa shape index (κ1) is 14.0. The minimum Gasteiger partial charge on any atom is -0.497 e. The molecule has 94 valence electrons. The molecule has 6 heteroatoms. The lowest BCUT2D eigenvalue weighted by Gasteiger charge is -2.08. The summed E-state index contributed by atoms with van der Waals surface area (Å²) in [5, 5.41) is -0.653. The van der Waals surface area contributed by atoms with Crippen molar-refractivity contribution >= 4 is 26.7 Å². The van der Waals surface area contributed by atoms with Crippen molar-refractivity contribution in [1.29, 1.82) is 0 Å². The van der Waals surface area contributed by atoms with Crippen LogP contribution in [0.3, 0.4) is 0 Å². The zero-order valence-electron chi connectivity index (χ0n) is 9.57. The molecule has 1 aromatic rings. The molecule has 0 saturated carbocycles. The van der Waals surface area contributed by atoms with Gasteiger partial charge in [-0.25, -0.2) is 8.42 Å². The Hall–Kier alpha value is -1.07. The Bertz CT molecular complexity index is 522. The van der Waals surface area contributed by atoms with Gasteiger partial charge < -0.3 is 4.74 Å². The molecule has 0 N–H and O–H groups in total. The van der Waals surface area contributed by atoms with Crippen LogP contribution in [0.5, 0.6) is 5.75 Å². The van der Waals surface area contributed by atoms with Crippen LogP contribution < -0.4 is 4.74 Å². The van der Waals surface area contributed by atoms with E-state index in [9.17, 15) is 13.2 Å². The highest BCUT2D eigenvalue weighted by atomic mass is 35.5. The maximum atomic E-state index is 11.9. The molecular weight excluding hydrogens is 264 g/mol. The van der Waals surface area contributed by atoms with Gasteiger partial charge in [-0.2, -0.15) is 0 Å². The van der Waals surface area contributed by atoms with Crippen LogP contribution in [0.4, 0.5) is 0 Å².